The third-order valence-corrected chi connectivity index (χ3v) is 2.75. The smallest absolute Gasteiger partial charge is 0.120 e. The summed E-state index contributed by atoms with van der Waals surface area (Å²) in [5.74, 6) is 1.73. The molecule has 0 unspecified atom stereocenters. The largest absolute Gasteiger partial charge is 0.491 e. The van der Waals surface area contributed by atoms with Gasteiger partial charge in [-0.15, -0.1) is 11.8 Å². The Morgan fingerprint density at radius 2 is 2.00 bits per heavy atom. The summed E-state index contributed by atoms with van der Waals surface area (Å²) in [5.41, 5.74) is 0. The molecule has 0 aliphatic carbocycles. The van der Waals surface area contributed by atoms with E-state index in [1.54, 1.807) is 11.8 Å². The topological polar surface area (TPSA) is 26.3 Å². The highest BCUT2D eigenvalue weighted by molar-refractivity contribution is 7.99. The third-order valence-electron chi connectivity index (χ3n) is 1.70. The first-order valence-corrected chi connectivity index (χ1v) is 6.04. The van der Waals surface area contributed by atoms with Gasteiger partial charge in [0.25, 0.3) is 0 Å². The number of aldehydes is 1. The highest BCUT2D eigenvalue weighted by Crippen LogP contribution is 2.22. The fourth-order valence-electron chi connectivity index (χ4n) is 1.11. The van der Waals surface area contributed by atoms with E-state index in [9.17, 15) is 4.79 Å². The predicted octanol–water partition coefficient (Wildman–Crippen LogP) is 3.15. The number of rotatable bonds is 6. The van der Waals surface area contributed by atoms with E-state index in [-0.39, 0.29) is 6.10 Å². The molecule has 0 saturated carbocycles. The van der Waals surface area contributed by atoms with Crippen LogP contribution in [0.4, 0.5) is 0 Å². The van der Waals surface area contributed by atoms with Crippen LogP contribution in [-0.4, -0.2) is 18.1 Å². The monoisotopic (exact) mass is 224 g/mol. The molecule has 0 bridgehead atoms. The van der Waals surface area contributed by atoms with Crippen molar-refractivity contribution >= 4 is 18.0 Å². The first kappa shape index (κ1) is 12.1. The Labute approximate surface area is 95.0 Å². The Morgan fingerprint density at radius 3 is 2.53 bits per heavy atom. The summed E-state index contributed by atoms with van der Waals surface area (Å²) in [7, 11) is 0. The van der Waals surface area contributed by atoms with Gasteiger partial charge in [0.2, 0.25) is 0 Å². The van der Waals surface area contributed by atoms with Gasteiger partial charge in [-0.05, 0) is 38.1 Å². The summed E-state index contributed by atoms with van der Waals surface area (Å²) in [6, 6.07) is 7.97. The quantitative estimate of drug-likeness (QED) is 0.422. The maximum Gasteiger partial charge on any atom is 0.120 e. The number of benzene rings is 1. The molecular formula is C12H16O2S. The van der Waals surface area contributed by atoms with Crippen molar-refractivity contribution in [2.75, 3.05) is 5.75 Å². The van der Waals surface area contributed by atoms with Crippen molar-refractivity contribution in [3.63, 3.8) is 0 Å². The zero-order valence-corrected chi connectivity index (χ0v) is 9.92. The van der Waals surface area contributed by atoms with Gasteiger partial charge in [-0.2, -0.15) is 0 Å². The number of thioether (sulfide) groups is 1. The number of hydrogen-bond donors (Lipinski definition) is 0. The van der Waals surface area contributed by atoms with Crippen molar-refractivity contribution in [2.24, 2.45) is 0 Å². The first-order valence-electron chi connectivity index (χ1n) is 5.05. The van der Waals surface area contributed by atoms with Crippen LogP contribution in [0.1, 0.15) is 20.3 Å². The van der Waals surface area contributed by atoms with Crippen LogP contribution in [0.3, 0.4) is 0 Å². The summed E-state index contributed by atoms with van der Waals surface area (Å²) in [4.78, 5) is 11.3. The molecule has 15 heavy (non-hydrogen) atoms. The molecule has 0 fully saturated rings. The molecule has 0 aliphatic heterocycles. The van der Waals surface area contributed by atoms with E-state index in [1.807, 2.05) is 38.1 Å². The molecule has 3 heteroatoms. The van der Waals surface area contributed by atoms with Crippen LogP contribution < -0.4 is 4.74 Å². The fraction of sp³-hybridized carbons (Fsp3) is 0.417. The van der Waals surface area contributed by atoms with Gasteiger partial charge in [0.05, 0.1) is 6.10 Å². The highest BCUT2D eigenvalue weighted by Gasteiger charge is 1.98. The minimum atomic E-state index is 0.207. The molecule has 0 amide bonds. The zero-order valence-electron chi connectivity index (χ0n) is 9.10. The minimum Gasteiger partial charge on any atom is -0.491 e. The standard InChI is InChI=1S/C12H16O2S/c1-10(2)14-11-4-6-12(7-5-11)15-9-3-8-13/h4-8,10H,3,9H2,1-2H3. The molecule has 0 aliphatic rings. The van der Waals surface area contributed by atoms with Gasteiger partial charge in [0.1, 0.15) is 12.0 Å². The molecule has 0 radical (unpaired) electrons. The van der Waals surface area contributed by atoms with E-state index in [0.29, 0.717) is 6.42 Å². The van der Waals surface area contributed by atoms with E-state index >= 15 is 0 Å². The number of carbonyl (C=O) groups excluding carboxylic acids is 1. The van der Waals surface area contributed by atoms with Crippen molar-refractivity contribution < 1.29 is 9.53 Å². The van der Waals surface area contributed by atoms with Crippen LogP contribution in [0.5, 0.6) is 5.75 Å². The Kier molecular flexibility index (Phi) is 5.26. The summed E-state index contributed by atoms with van der Waals surface area (Å²) >= 11 is 1.69. The molecule has 82 valence electrons. The van der Waals surface area contributed by atoms with Crippen molar-refractivity contribution in [3.05, 3.63) is 24.3 Å². The molecular weight excluding hydrogens is 208 g/mol. The van der Waals surface area contributed by atoms with Crippen molar-refractivity contribution in [1.29, 1.82) is 0 Å². The lowest BCUT2D eigenvalue weighted by atomic mass is 10.3. The molecule has 1 aromatic carbocycles. The number of carbonyl (C=O) groups is 1. The number of hydrogen-bond acceptors (Lipinski definition) is 3. The van der Waals surface area contributed by atoms with Crippen molar-refractivity contribution in [1.82, 2.24) is 0 Å². The summed E-state index contributed by atoms with van der Waals surface area (Å²) in [6.07, 6.45) is 1.76. The Morgan fingerprint density at radius 1 is 1.33 bits per heavy atom. The van der Waals surface area contributed by atoms with Crippen molar-refractivity contribution in [2.45, 2.75) is 31.3 Å². The van der Waals surface area contributed by atoms with Crippen LogP contribution in [0.15, 0.2) is 29.2 Å². The highest BCUT2D eigenvalue weighted by atomic mass is 32.2. The van der Waals surface area contributed by atoms with Crippen LogP contribution in [0, 0.1) is 0 Å². The maximum atomic E-state index is 10.1. The van der Waals surface area contributed by atoms with Gasteiger partial charge in [0.15, 0.2) is 0 Å². The van der Waals surface area contributed by atoms with Gasteiger partial charge < -0.3 is 9.53 Å². The molecule has 2 nitrogen and oxygen atoms in total. The lowest BCUT2D eigenvalue weighted by Gasteiger charge is -2.09. The SMILES string of the molecule is CC(C)Oc1ccc(SCCC=O)cc1. The Balaban J connectivity index is 2.45. The average Bonchev–Trinajstić information content (AvgIpc) is 2.20. The van der Waals surface area contributed by atoms with Gasteiger partial charge in [0, 0.05) is 17.1 Å². The Hall–Kier alpha value is -0.960. The van der Waals surface area contributed by atoms with E-state index in [2.05, 4.69) is 0 Å². The molecule has 1 rings (SSSR count). The van der Waals surface area contributed by atoms with E-state index in [0.717, 1.165) is 17.8 Å². The van der Waals surface area contributed by atoms with Gasteiger partial charge in [-0.1, -0.05) is 0 Å². The normalized spacial score (nSPS) is 10.3. The zero-order chi connectivity index (χ0) is 11.1. The molecule has 0 heterocycles. The van der Waals surface area contributed by atoms with Crippen molar-refractivity contribution in [3.8, 4) is 5.75 Å². The maximum absolute atomic E-state index is 10.1. The average molecular weight is 224 g/mol. The lowest BCUT2D eigenvalue weighted by Crippen LogP contribution is -2.05. The predicted molar refractivity (Wildman–Crippen MR) is 63.6 cm³/mol. The van der Waals surface area contributed by atoms with Gasteiger partial charge in [-0.3, -0.25) is 0 Å². The summed E-state index contributed by atoms with van der Waals surface area (Å²) < 4.78 is 5.53. The van der Waals surface area contributed by atoms with E-state index < -0.39 is 0 Å². The Bertz CT molecular complexity index is 293. The minimum absolute atomic E-state index is 0.207. The fourth-order valence-corrected chi connectivity index (χ4v) is 1.89. The molecule has 0 saturated heterocycles. The molecule has 0 aromatic heterocycles. The van der Waals surface area contributed by atoms with Crippen LogP contribution in [-0.2, 0) is 4.79 Å². The third kappa shape index (κ3) is 4.88. The second kappa shape index (κ2) is 6.51. The molecule has 1 aromatic rings. The lowest BCUT2D eigenvalue weighted by molar-refractivity contribution is -0.107. The first-order chi connectivity index (χ1) is 7.22. The summed E-state index contributed by atoms with van der Waals surface area (Å²) in [5, 5.41) is 0. The van der Waals surface area contributed by atoms with Crippen LogP contribution in [0.2, 0.25) is 0 Å². The summed E-state index contributed by atoms with van der Waals surface area (Å²) in [6.45, 7) is 4.01. The molecule has 0 atom stereocenters. The van der Waals surface area contributed by atoms with Gasteiger partial charge >= 0.3 is 0 Å². The number of ether oxygens (including phenoxy) is 1. The second-order valence-electron chi connectivity index (χ2n) is 3.44. The van der Waals surface area contributed by atoms with E-state index in [1.165, 1.54) is 4.90 Å². The van der Waals surface area contributed by atoms with Crippen LogP contribution in [0.25, 0.3) is 0 Å². The molecule has 0 N–H and O–H groups in total. The molecule has 0 spiro atoms. The second-order valence-corrected chi connectivity index (χ2v) is 4.61. The van der Waals surface area contributed by atoms with Gasteiger partial charge in [-0.25, -0.2) is 0 Å². The van der Waals surface area contributed by atoms with Crippen LogP contribution >= 0.6 is 11.8 Å². The van der Waals surface area contributed by atoms with E-state index in [4.69, 9.17) is 4.74 Å².